The Balaban J connectivity index is 1.99. The van der Waals surface area contributed by atoms with Crippen molar-refractivity contribution in [2.24, 2.45) is 5.73 Å². The fraction of sp³-hybridized carbons (Fsp3) is 0.500. The molecule has 1 unspecified atom stereocenters. The Morgan fingerprint density at radius 1 is 1.33 bits per heavy atom. The fourth-order valence-electron chi connectivity index (χ4n) is 2.37. The van der Waals surface area contributed by atoms with Gasteiger partial charge in [0.15, 0.2) is 11.4 Å². The Morgan fingerprint density at radius 2 is 2.22 bits per heavy atom. The fourth-order valence-corrected chi connectivity index (χ4v) is 2.54. The van der Waals surface area contributed by atoms with Crippen LogP contribution in [0.2, 0.25) is 5.28 Å². The van der Waals surface area contributed by atoms with Crippen LogP contribution in [0, 0.1) is 0 Å². The van der Waals surface area contributed by atoms with Crippen LogP contribution in [0.25, 0.3) is 11.1 Å². The number of rotatable bonds is 1. The molecule has 2 aromatic rings. The van der Waals surface area contributed by atoms with Crippen LogP contribution in [0.5, 0.6) is 0 Å². The SMILES string of the molecule is NC1CCCN(c2nc(Cl)nc3ccoc23)CC1. The molecule has 6 heteroatoms. The Bertz CT molecular complexity index is 556. The van der Waals surface area contributed by atoms with Crippen molar-refractivity contribution in [3.8, 4) is 0 Å². The smallest absolute Gasteiger partial charge is 0.225 e. The molecule has 1 aliphatic rings. The van der Waals surface area contributed by atoms with E-state index in [1.54, 1.807) is 12.3 Å². The number of nitrogens with zero attached hydrogens (tertiary/aromatic N) is 3. The third kappa shape index (κ3) is 2.15. The minimum absolute atomic E-state index is 0.257. The minimum atomic E-state index is 0.257. The monoisotopic (exact) mass is 266 g/mol. The third-order valence-corrected chi connectivity index (χ3v) is 3.50. The molecule has 96 valence electrons. The number of furan rings is 1. The highest BCUT2D eigenvalue weighted by Gasteiger charge is 2.20. The molecule has 1 atom stereocenters. The van der Waals surface area contributed by atoms with Gasteiger partial charge in [-0.25, -0.2) is 4.98 Å². The maximum atomic E-state index is 5.99. The second-order valence-corrected chi connectivity index (χ2v) is 4.97. The standard InChI is InChI=1S/C12H15ClN4O/c13-12-15-9-4-7-18-10(9)11(16-12)17-5-1-2-8(14)3-6-17/h4,7-8H,1-3,5-6,14H2. The van der Waals surface area contributed by atoms with Crippen LogP contribution < -0.4 is 10.6 Å². The zero-order valence-corrected chi connectivity index (χ0v) is 10.7. The van der Waals surface area contributed by atoms with Crippen LogP contribution in [0.15, 0.2) is 16.7 Å². The van der Waals surface area contributed by atoms with E-state index in [1.807, 2.05) is 0 Å². The largest absolute Gasteiger partial charge is 0.459 e. The molecule has 2 aromatic heterocycles. The van der Waals surface area contributed by atoms with Crippen molar-refractivity contribution in [1.82, 2.24) is 9.97 Å². The molecule has 0 radical (unpaired) electrons. The average Bonchev–Trinajstić information content (AvgIpc) is 2.70. The van der Waals surface area contributed by atoms with Crippen LogP contribution in [0.1, 0.15) is 19.3 Å². The van der Waals surface area contributed by atoms with E-state index in [0.717, 1.165) is 43.7 Å². The molecule has 1 fully saturated rings. The molecule has 0 aliphatic carbocycles. The number of nitrogens with two attached hydrogens (primary N) is 1. The Hall–Kier alpha value is -1.33. The Kier molecular flexibility index (Phi) is 3.09. The van der Waals surface area contributed by atoms with Crippen LogP contribution >= 0.6 is 11.6 Å². The summed E-state index contributed by atoms with van der Waals surface area (Å²) in [5.74, 6) is 0.782. The van der Waals surface area contributed by atoms with E-state index >= 15 is 0 Å². The van der Waals surface area contributed by atoms with Gasteiger partial charge in [-0.2, -0.15) is 4.98 Å². The highest BCUT2D eigenvalue weighted by molar-refractivity contribution is 6.28. The van der Waals surface area contributed by atoms with Crippen LogP contribution in [-0.4, -0.2) is 29.1 Å². The first-order chi connectivity index (χ1) is 8.74. The molecule has 1 aliphatic heterocycles. The normalized spacial score (nSPS) is 21.2. The van der Waals surface area contributed by atoms with Gasteiger partial charge in [-0.15, -0.1) is 0 Å². The van der Waals surface area contributed by atoms with Gasteiger partial charge < -0.3 is 15.1 Å². The topological polar surface area (TPSA) is 68.2 Å². The highest BCUT2D eigenvalue weighted by atomic mass is 35.5. The molecule has 2 N–H and O–H groups in total. The predicted octanol–water partition coefficient (Wildman–Crippen LogP) is 2.19. The second-order valence-electron chi connectivity index (χ2n) is 4.63. The molecular weight excluding hydrogens is 252 g/mol. The lowest BCUT2D eigenvalue weighted by Crippen LogP contribution is -2.27. The zero-order valence-electron chi connectivity index (χ0n) is 9.97. The van der Waals surface area contributed by atoms with Crippen LogP contribution in [0.4, 0.5) is 5.82 Å². The molecule has 0 amide bonds. The maximum absolute atomic E-state index is 5.99. The summed E-state index contributed by atoms with van der Waals surface area (Å²) in [4.78, 5) is 10.6. The molecule has 0 spiro atoms. The molecule has 0 aromatic carbocycles. The van der Waals surface area contributed by atoms with Gasteiger partial charge in [-0.1, -0.05) is 0 Å². The molecular formula is C12H15ClN4O. The molecule has 18 heavy (non-hydrogen) atoms. The van der Waals surface area contributed by atoms with E-state index in [0.29, 0.717) is 5.58 Å². The first-order valence-electron chi connectivity index (χ1n) is 6.15. The summed E-state index contributed by atoms with van der Waals surface area (Å²) < 4.78 is 5.47. The third-order valence-electron chi connectivity index (χ3n) is 3.33. The summed E-state index contributed by atoms with van der Waals surface area (Å²) >= 11 is 5.95. The molecule has 3 heterocycles. The van der Waals surface area contributed by atoms with Crippen LogP contribution in [-0.2, 0) is 0 Å². The van der Waals surface area contributed by atoms with Gasteiger partial charge in [0.25, 0.3) is 0 Å². The highest BCUT2D eigenvalue weighted by Crippen LogP contribution is 2.27. The quantitative estimate of drug-likeness (QED) is 0.802. The van der Waals surface area contributed by atoms with E-state index in [-0.39, 0.29) is 11.3 Å². The maximum Gasteiger partial charge on any atom is 0.225 e. The summed E-state index contributed by atoms with van der Waals surface area (Å²) in [6.07, 6.45) is 4.69. The summed E-state index contributed by atoms with van der Waals surface area (Å²) in [7, 11) is 0. The van der Waals surface area contributed by atoms with Crippen molar-refractivity contribution in [3.05, 3.63) is 17.6 Å². The van der Waals surface area contributed by atoms with Crippen molar-refractivity contribution in [1.29, 1.82) is 0 Å². The van der Waals surface area contributed by atoms with Gasteiger partial charge >= 0.3 is 0 Å². The van der Waals surface area contributed by atoms with Crippen LogP contribution in [0.3, 0.4) is 0 Å². The molecule has 5 nitrogen and oxygen atoms in total. The lowest BCUT2D eigenvalue weighted by Gasteiger charge is -2.21. The van der Waals surface area contributed by atoms with Crippen molar-refractivity contribution < 1.29 is 4.42 Å². The number of aromatic nitrogens is 2. The second kappa shape index (κ2) is 4.74. The van der Waals surface area contributed by atoms with Crippen molar-refractivity contribution >= 4 is 28.5 Å². The summed E-state index contributed by atoms with van der Waals surface area (Å²) in [5.41, 5.74) is 7.44. The zero-order chi connectivity index (χ0) is 12.5. The number of anilines is 1. The number of fused-ring (bicyclic) bond motifs is 1. The number of hydrogen-bond acceptors (Lipinski definition) is 5. The first-order valence-corrected chi connectivity index (χ1v) is 6.53. The Morgan fingerprint density at radius 3 is 3.11 bits per heavy atom. The van der Waals surface area contributed by atoms with Gasteiger partial charge in [0.05, 0.1) is 6.26 Å². The van der Waals surface area contributed by atoms with Gasteiger partial charge in [0.1, 0.15) is 5.52 Å². The lowest BCUT2D eigenvalue weighted by molar-refractivity contribution is 0.600. The van der Waals surface area contributed by atoms with E-state index in [4.69, 9.17) is 21.8 Å². The lowest BCUT2D eigenvalue weighted by atomic mass is 10.1. The first kappa shape index (κ1) is 11.7. The number of hydrogen-bond donors (Lipinski definition) is 1. The summed E-state index contributed by atoms with van der Waals surface area (Å²) in [6, 6.07) is 2.08. The van der Waals surface area contributed by atoms with Gasteiger partial charge in [0, 0.05) is 25.2 Å². The van der Waals surface area contributed by atoms with Crippen molar-refractivity contribution in [2.75, 3.05) is 18.0 Å². The average molecular weight is 267 g/mol. The number of halogens is 1. The van der Waals surface area contributed by atoms with E-state index < -0.39 is 0 Å². The summed E-state index contributed by atoms with van der Waals surface area (Å²) in [5, 5.41) is 0.257. The molecule has 0 bridgehead atoms. The van der Waals surface area contributed by atoms with Gasteiger partial charge in [-0.3, -0.25) is 0 Å². The van der Waals surface area contributed by atoms with Crippen molar-refractivity contribution in [2.45, 2.75) is 25.3 Å². The predicted molar refractivity (Wildman–Crippen MR) is 70.9 cm³/mol. The molecule has 3 rings (SSSR count). The van der Waals surface area contributed by atoms with E-state index in [2.05, 4.69) is 14.9 Å². The van der Waals surface area contributed by atoms with Crippen molar-refractivity contribution in [3.63, 3.8) is 0 Å². The summed E-state index contributed by atoms with van der Waals surface area (Å²) in [6.45, 7) is 1.81. The van der Waals surface area contributed by atoms with Gasteiger partial charge in [0.2, 0.25) is 5.28 Å². The molecule has 1 saturated heterocycles. The molecule has 0 saturated carbocycles. The van der Waals surface area contributed by atoms with E-state index in [1.165, 1.54) is 0 Å². The van der Waals surface area contributed by atoms with E-state index in [9.17, 15) is 0 Å². The Labute approximate surface area is 110 Å². The van der Waals surface area contributed by atoms with Gasteiger partial charge in [-0.05, 0) is 30.9 Å². The minimum Gasteiger partial charge on any atom is -0.459 e.